The number of hydrogen-bond acceptors (Lipinski definition) is 5. The van der Waals surface area contributed by atoms with Crippen LogP contribution in [0.3, 0.4) is 0 Å². The van der Waals surface area contributed by atoms with Crippen LogP contribution in [0.4, 0.5) is 0 Å². The summed E-state index contributed by atoms with van der Waals surface area (Å²) in [5.41, 5.74) is 2.27. The molecule has 1 amide bonds. The van der Waals surface area contributed by atoms with Crippen LogP contribution < -0.4 is 5.56 Å². The van der Waals surface area contributed by atoms with Gasteiger partial charge in [0.05, 0.1) is 26.1 Å². The van der Waals surface area contributed by atoms with Crippen LogP contribution in [0.15, 0.2) is 47.3 Å². The third-order valence-corrected chi connectivity index (χ3v) is 7.63. The molecule has 1 fully saturated rings. The Hall–Kier alpha value is -3.06. The van der Waals surface area contributed by atoms with Gasteiger partial charge < -0.3 is 4.90 Å². The highest BCUT2D eigenvalue weighted by molar-refractivity contribution is 7.18. The van der Waals surface area contributed by atoms with E-state index in [2.05, 4.69) is 11.1 Å². The summed E-state index contributed by atoms with van der Waals surface area (Å²) < 4.78 is 2.96. The van der Waals surface area contributed by atoms with Gasteiger partial charge in [-0.1, -0.05) is 12.1 Å². The van der Waals surface area contributed by atoms with E-state index in [1.165, 1.54) is 4.70 Å². The maximum Gasteiger partial charge on any atom is 0.261 e. The number of benzene rings is 2. The lowest BCUT2D eigenvalue weighted by Gasteiger charge is -2.32. The third kappa shape index (κ3) is 3.15. The zero-order chi connectivity index (χ0) is 20.9. The van der Waals surface area contributed by atoms with Gasteiger partial charge in [-0.2, -0.15) is 0 Å². The second-order valence-electron chi connectivity index (χ2n) is 8.43. The van der Waals surface area contributed by atoms with E-state index in [0.717, 1.165) is 55.1 Å². The standard InChI is InChI=1S/C24H22N4O2S/c29-23(15-9-10-17-19(13-15)25-21-8-4-12-28(21)24(17)30)27-11-3-5-16(14-27)22-26-18-6-1-2-7-20(18)31-22/h1-2,6-7,9-10,13,16H,3-5,8,11-12,14H2. The zero-order valence-electron chi connectivity index (χ0n) is 17.1. The lowest BCUT2D eigenvalue weighted by Crippen LogP contribution is -2.39. The number of nitrogens with zero attached hydrogens (tertiary/aromatic N) is 4. The van der Waals surface area contributed by atoms with E-state index < -0.39 is 0 Å². The van der Waals surface area contributed by atoms with E-state index in [-0.39, 0.29) is 17.4 Å². The summed E-state index contributed by atoms with van der Waals surface area (Å²) in [5, 5.41) is 1.70. The molecule has 0 N–H and O–H groups in total. The summed E-state index contributed by atoms with van der Waals surface area (Å²) in [7, 11) is 0. The SMILES string of the molecule is O=C(c1ccc2c(=O)n3c(nc2c1)CCC3)N1CCCC(c2nc3ccccc3s2)C1. The van der Waals surface area contributed by atoms with Crippen molar-refractivity contribution in [1.29, 1.82) is 0 Å². The van der Waals surface area contributed by atoms with Gasteiger partial charge in [-0.05, 0) is 49.6 Å². The van der Waals surface area contributed by atoms with Gasteiger partial charge in [0.15, 0.2) is 0 Å². The summed E-state index contributed by atoms with van der Waals surface area (Å²) in [4.78, 5) is 37.4. The third-order valence-electron chi connectivity index (χ3n) is 6.43. The fourth-order valence-electron chi connectivity index (χ4n) is 4.83. The molecule has 156 valence electrons. The number of amides is 1. The number of piperidine rings is 1. The fraction of sp³-hybridized carbons (Fsp3) is 0.333. The summed E-state index contributed by atoms with van der Waals surface area (Å²) in [5.74, 6) is 1.10. The van der Waals surface area contributed by atoms with Crippen LogP contribution in [0, 0.1) is 0 Å². The highest BCUT2D eigenvalue weighted by Gasteiger charge is 2.28. The maximum absolute atomic E-state index is 13.3. The molecule has 1 unspecified atom stereocenters. The molecule has 7 heteroatoms. The van der Waals surface area contributed by atoms with Crippen molar-refractivity contribution in [2.24, 2.45) is 0 Å². The number of rotatable bonds is 2. The number of likely N-dealkylation sites (tertiary alicyclic amines) is 1. The van der Waals surface area contributed by atoms with Crippen LogP contribution in [0.2, 0.25) is 0 Å². The molecule has 6 nitrogen and oxygen atoms in total. The largest absolute Gasteiger partial charge is 0.338 e. The van der Waals surface area contributed by atoms with Crippen molar-refractivity contribution in [2.45, 2.75) is 38.1 Å². The van der Waals surface area contributed by atoms with Crippen molar-refractivity contribution in [3.63, 3.8) is 0 Å². The van der Waals surface area contributed by atoms with Gasteiger partial charge in [0.25, 0.3) is 11.5 Å². The first-order valence-electron chi connectivity index (χ1n) is 10.9. The molecule has 0 spiro atoms. The van der Waals surface area contributed by atoms with Crippen molar-refractivity contribution in [3.8, 4) is 0 Å². The molecule has 6 rings (SSSR count). The van der Waals surface area contributed by atoms with Gasteiger partial charge in [0, 0.05) is 37.5 Å². The van der Waals surface area contributed by atoms with E-state index in [0.29, 0.717) is 23.0 Å². The minimum Gasteiger partial charge on any atom is -0.338 e. The van der Waals surface area contributed by atoms with Gasteiger partial charge in [-0.25, -0.2) is 9.97 Å². The van der Waals surface area contributed by atoms with Gasteiger partial charge in [0.1, 0.15) is 5.82 Å². The molecule has 2 aromatic carbocycles. The Labute approximate surface area is 183 Å². The Morgan fingerprint density at radius 2 is 1.94 bits per heavy atom. The molecule has 31 heavy (non-hydrogen) atoms. The number of carbonyl (C=O) groups excluding carboxylic acids is 1. The Balaban J connectivity index is 1.29. The van der Waals surface area contributed by atoms with Gasteiger partial charge in [-0.15, -0.1) is 11.3 Å². The molecule has 0 aliphatic carbocycles. The summed E-state index contributed by atoms with van der Waals surface area (Å²) in [6.07, 6.45) is 3.78. The number of carbonyl (C=O) groups is 1. The molecule has 1 atom stereocenters. The van der Waals surface area contributed by atoms with Crippen LogP contribution >= 0.6 is 11.3 Å². The molecule has 2 aliphatic rings. The number of para-hydroxylation sites is 1. The average molecular weight is 431 g/mol. The number of hydrogen-bond donors (Lipinski definition) is 0. The van der Waals surface area contributed by atoms with E-state index >= 15 is 0 Å². The lowest BCUT2D eigenvalue weighted by molar-refractivity contribution is 0.0707. The number of thiazole rings is 1. The number of aromatic nitrogens is 3. The summed E-state index contributed by atoms with van der Waals surface area (Å²) in [6.45, 7) is 2.16. The fourth-order valence-corrected chi connectivity index (χ4v) is 5.92. The van der Waals surface area contributed by atoms with E-state index in [9.17, 15) is 9.59 Å². The Morgan fingerprint density at radius 1 is 1.03 bits per heavy atom. The molecule has 0 bridgehead atoms. The zero-order valence-corrected chi connectivity index (χ0v) is 17.9. The van der Waals surface area contributed by atoms with Gasteiger partial charge >= 0.3 is 0 Å². The number of aryl methyl sites for hydroxylation is 1. The lowest BCUT2D eigenvalue weighted by atomic mass is 9.98. The van der Waals surface area contributed by atoms with Crippen molar-refractivity contribution in [2.75, 3.05) is 13.1 Å². The van der Waals surface area contributed by atoms with Crippen molar-refractivity contribution >= 4 is 38.4 Å². The first-order chi connectivity index (χ1) is 15.2. The predicted molar refractivity (Wildman–Crippen MR) is 122 cm³/mol. The first-order valence-corrected chi connectivity index (χ1v) is 11.7. The topological polar surface area (TPSA) is 68.1 Å². The van der Waals surface area contributed by atoms with Crippen molar-refractivity contribution < 1.29 is 4.79 Å². The Kier molecular flexibility index (Phi) is 4.38. The normalized spacial score (nSPS) is 18.6. The van der Waals surface area contributed by atoms with E-state index in [1.54, 1.807) is 34.1 Å². The molecule has 2 aliphatic heterocycles. The molecular formula is C24H22N4O2S. The Morgan fingerprint density at radius 3 is 2.84 bits per heavy atom. The second-order valence-corrected chi connectivity index (χ2v) is 9.49. The Bertz CT molecular complexity index is 1360. The first kappa shape index (κ1) is 18.7. The molecule has 4 aromatic rings. The van der Waals surface area contributed by atoms with Crippen LogP contribution in [0.5, 0.6) is 0 Å². The van der Waals surface area contributed by atoms with Crippen molar-refractivity contribution in [3.05, 3.63) is 69.2 Å². The molecule has 1 saturated heterocycles. The van der Waals surface area contributed by atoms with Gasteiger partial charge in [0.2, 0.25) is 0 Å². The highest BCUT2D eigenvalue weighted by Crippen LogP contribution is 2.33. The molecule has 4 heterocycles. The minimum absolute atomic E-state index is 0.00497. The van der Waals surface area contributed by atoms with E-state index in [1.807, 2.05) is 23.1 Å². The van der Waals surface area contributed by atoms with Crippen LogP contribution in [-0.2, 0) is 13.0 Å². The van der Waals surface area contributed by atoms with Crippen LogP contribution in [0.25, 0.3) is 21.1 Å². The summed E-state index contributed by atoms with van der Waals surface area (Å²) in [6, 6.07) is 13.5. The maximum atomic E-state index is 13.3. The van der Waals surface area contributed by atoms with Crippen LogP contribution in [-0.4, -0.2) is 38.4 Å². The smallest absolute Gasteiger partial charge is 0.261 e. The molecule has 2 aromatic heterocycles. The predicted octanol–water partition coefficient (Wildman–Crippen LogP) is 3.97. The average Bonchev–Trinajstić information content (AvgIpc) is 3.45. The minimum atomic E-state index is 0.00497. The summed E-state index contributed by atoms with van der Waals surface area (Å²) >= 11 is 1.73. The van der Waals surface area contributed by atoms with Crippen molar-refractivity contribution in [1.82, 2.24) is 19.4 Å². The molecule has 0 saturated carbocycles. The van der Waals surface area contributed by atoms with E-state index in [4.69, 9.17) is 4.98 Å². The second kappa shape index (κ2) is 7.27. The quantitative estimate of drug-likeness (QED) is 0.483. The molecule has 0 radical (unpaired) electrons. The monoisotopic (exact) mass is 430 g/mol. The van der Waals surface area contributed by atoms with Gasteiger partial charge in [-0.3, -0.25) is 14.2 Å². The molecular weight excluding hydrogens is 408 g/mol. The van der Waals surface area contributed by atoms with Crippen LogP contribution in [0.1, 0.15) is 46.4 Å². The number of fused-ring (bicyclic) bond motifs is 3. The highest BCUT2D eigenvalue weighted by atomic mass is 32.1.